The first-order valence-electron chi connectivity index (χ1n) is 23.9. The van der Waals surface area contributed by atoms with Crippen LogP contribution in [0.3, 0.4) is 0 Å². The highest BCUT2D eigenvalue weighted by atomic mass is 31.2. The maximum atomic E-state index is 13.0. The Morgan fingerprint density at radius 2 is 1.02 bits per heavy atom. The lowest BCUT2D eigenvalue weighted by atomic mass is 10.0. The number of unbranched alkanes of at least 4 members (excludes halogenated alkanes) is 24. The van der Waals surface area contributed by atoms with E-state index in [0.717, 1.165) is 51.4 Å². The molecule has 0 amide bonds. The van der Waals surface area contributed by atoms with E-state index >= 15 is 0 Å². The first-order chi connectivity index (χ1) is 27.3. The molecule has 0 aliphatic heterocycles. The summed E-state index contributed by atoms with van der Waals surface area (Å²) >= 11 is 0. The van der Waals surface area contributed by atoms with Crippen LogP contribution in [0, 0.1) is 0 Å². The van der Waals surface area contributed by atoms with Gasteiger partial charge in [0.25, 0.3) is 7.82 Å². The molecular weight excluding hydrogens is 689 g/mol. The van der Waals surface area contributed by atoms with Crippen LogP contribution < -0.4 is 4.89 Å². The van der Waals surface area contributed by atoms with E-state index in [1.807, 2.05) is 0 Å². The van der Waals surface area contributed by atoms with Gasteiger partial charge in [-0.05, 0) is 38.5 Å². The molecule has 2 atom stereocenters. The van der Waals surface area contributed by atoms with E-state index in [4.69, 9.17) is 20.9 Å². The van der Waals surface area contributed by atoms with Crippen molar-refractivity contribution in [2.24, 2.45) is 0 Å². The average Bonchev–Trinajstić information content (AvgIpc) is 3.11. The number of hydrogen-bond acceptors (Lipinski definition) is 8. The van der Waals surface area contributed by atoms with Crippen molar-refractivity contribution in [1.82, 2.24) is 0 Å². The number of esters is 2. The van der Waals surface area contributed by atoms with Gasteiger partial charge in [-0.25, -0.2) is 0 Å². The fraction of sp³-hybridized carbons (Fsp3) is 0.907. The third-order valence-electron chi connectivity index (χ3n) is 9.11. The monoisotopic (exact) mass is 779 g/mol. The second kappa shape index (κ2) is 36.4. The van der Waals surface area contributed by atoms with Gasteiger partial charge >= 0.3 is 11.9 Å². The molecule has 9 nitrogen and oxygen atoms in total. The van der Waals surface area contributed by atoms with Crippen LogP contribution in [0.5, 0.6) is 0 Å². The topological polar surface area (TPSA) is 111 Å². The molecule has 0 rings (SSSR count). The molecule has 0 fully saturated rings. The molecule has 0 N–H and O–H groups in total. The number of carbonyl (C=O) groups is 2. The summed E-state index contributed by atoms with van der Waals surface area (Å²) in [5.74, 6) is -2.23. The summed E-state index contributed by atoms with van der Waals surface area (Å²) in [6.45, 7) is -3.23. The Morgan fingerprint density at radius 3 is 1.45 bits per heavy atom. The predicted molar refractivity (Wildman–Crippen MR) is 218 cm³/mol. The van der Waals surface area contributed by atoms with Crippen LogP contribution >= 0.6 is 7.82 Å². The SMILES string of the molecule is [2H]C([2H])(OC(=O)CCCCCCCCCCCCCCCC)[C@@]([2H])(OC(=O)CCCCCCC/C=C/CCCCCCCC)C([2H])([2H])OP(=O)([O-])OCC[N+](C)(C)C. The molecule has 0 saturated carbocycles. The maximum absolute atomic E-state index is 13.0. The van der Waals surface area contributed by atoms with Gasteiger partial charge in [-0.15, -0.1) is 0 Å². The molecule has 0 aliphatic rings. The lowest BCUT2D eigenvalue weighted by Gasteiger charge is -2.28. The van der Waals surface area contributed by atoms with Gasteiger partial charge in [-0.1, -0.05) is 161 Å². The number of phosphoric ester groups is 1. The number of quaternary nitrogens is 1. The summed E-state index contributed by atoms with van der Waals surface area (Å²) in [5.41, 5.74) is 0. The fourth-order valence-electron chi connectivity index (χ4n) is 5.74. The number of likely N-dealkylation sites (N-methyl/N-ethyl adjacent to an activating group) is 1. The molecule has 0 saturated heterocycles. The first-order valence-corrected chi connectivity index (χ1v) is 22.8. The molecule has 0 heterocycles. The van der Waals surface area contributed by atoms with Gasteiger partial charge in [0.1, 0.15) is 19.7 Å². The second-order valence-electron chi connectivity index (χ2n) is 15.5. The van der Waals surface area contributed by atoms with Gasteiger partial charge in [0, 0.05) is 12.8 Å². The minimum absolute atomic E-state index is 0.202. The van der Waals surface area contributed by atoms with Crippen LogP contribution in [0.4, 0.5) is 0 Å². The first kappa shape index (κ1) is 42.9. The highest BCUT2D eigenvalue weighted by molar-refractivity contribution is 7.45. The van der Waals surface area contributed by atoms with Crippen molar-refractivity contribution < 1.29 is 48.9 Å². The summed E-state index contributed by atoms with van der Waals surface area (Å²) in [4.78, 5) is 38.4. The zero-order chi connectivity index (χ0) is 43.8. The van der Waals surface area contributed by atoms with Crippen molar-refractivity contribution in [2.75, 3.05) is 47.4 Å². The number of carbonyl (C=O) groups excluding carboxylic acids is 2. The Morgan fingerprint density at radius 1 is 0.623 bits per heavy atom. The highest BCUT2D eigenvalue weighted by Crippen LogP contribution is 2.38. The van der Waals surface area contributed by atoms with Gasteiger partial charge in [0.05, 0.1) is 34.6 Å². The Hall–Kier alpha value is -1.25. The van der Waals surface area contributed by atoms with Crippen molar-refractivity contribution in [2.45, 2.75) is 206 Å². The minimum atomic E-state index is -5.50. The molecule has 0 aromatic heterocycles. The zero-order valence-electron chi connectivity index (χ0n) is 39.7. The molecule has 0 bridgehead atoms. The van der Waals surface area contributed by atoms with Crippen LogP contribution in [0.2, 0.25) is 0 Å². The summed E-state index contributed by atoms with van der Waals surface area (Å²) in [5, 5.41) is 0. The largest absolute Gasteiger partial charge is 0.756 e. The number of rotatable bonds is 40. The third kappa shape index (κ3) is 40.2. The molecule has 0 aromatic rings. The lowest BCUT2D eigenvalue weighted by Crippen LogP contribution is -2.37. The summed E-state index contributed by atoms with van der Waals surface area (Å²) in [6, 6.07) is 0. The van der Waals surface area contributed by atoms with E-state index in [1.165, 1.54) is 96.3 Å². The molecular formula is C43H84NO8P. The lowest BCUT2D eigenvalue weighted by molar-refractivity contribution is -0.870. The van der Waals surface area contributed by atoms with E-state index in [0.29, 0.717) is 30.2 Å². The molecule has 10 heteroatoms. The van der Waals surface area contributed by atoms with Gasteiger partial charge in [-0.3, -0.25) is 14.2 Å². The fourth-order valence-corrected chi connectivity index (χ4v) is 6.29. The van der Waals surface area contributed by atoms with Crippen molar-refractivity contribution >= 4 is 19.8 Å². The quantitative estimate of drug-likeness (QED) is 0.0199. The van der Waals surface area contributed by atoms with Crippen LogP contribution in [0.25, 0.3) is 0 Å². The highest BCUT2D eigenvalue weighted by Gasteiger charge is 2.21. The minimum Gasteiger partial charge on any atom is -0.756 e. The van der Waals surface area contributed by atoms with Crippen molar-refractivity contribution in [3.8, 4) is 0 Å². The third-order valence-corrected chi connectivity index (χ3v) is 9.93. The van der Waals surface area contributed by atoms with E-state index in [1.54, 1.807) is 21.1 Å². The number of hydrogen-bond donors (Lipinski definition) is 0. The second-order valence-corrected chi connectivity index (χ2v) is 16.9. The van der Waals surface area contributed by atoms with Crippen LogP contribution in [0.1, 0.15) is 207 Å². The van der Waals surface area contributed by atoms with Crippen LogP contribution in [0.15, 0.2) is 12.2 Å². The van der Waals surface area contributed by atoms with E-state index in [2.05, 4.69) is 30.5 Å². The molecule has 53 heavy (non-hydrogen) atoms. The predicted octanol–water partition coefficient (Wildman–Crippen LogP) is 11.6. The summed E-state index contributed by atoms with van der Waals surface area (Å²) < 4.78 is 74.9. The summed E-state index contributed by atoms with van der Waals surface area (Å²) in [7, 11) is -0.152. The van der Waals surface area contributed by atoms with Crippen molar-refractivity contribution in [3.05, 3.63) is 12.2 Å². The Labute approximate surface area is 333 Å². The van der Waals surface area contributed by atoms with Crippen molar-refractivity contribution in [3.63, 3.8) is 0 Å². The van der Waals surface area contributed by atoms with Gasteiger partial charge in [-0.2, -0.15) is 0 Å². The van der Waals surface area contributed by atoms with Gasteiger partial charge in [0.15, 0.2) is 6.08 Å². The molecule has 0 spiro atoms. The van der Waals surface area contributed by atoms with Gasteiger partial charge < -0.3 is 27.9 Å². The standard InChI is InChI=1S/C43H84NO8P/c1-6-8-10-12-14-16-18-20-22-24-26-28-30-32-34-36-43(46)52-41(40-51-53(47,48)50-38-37-44(3,4)5)39-49-42(45)35-33-31-29-27-25-23-21-19-17-15-13-11-9-7-2/h20,22,41H,6-19,21,23-40H2,1-5H3/b22-20+/t41-/m1/s1/i39D2,40D2,41D. The molecule has 314 valence electrons. The zero-order valence-corrected chi connectivity index (χ0v) is 35.6. The Bertz CT molecular complexity index is 1140. The number of ether oxygens (including phenoxy) is 2. The van der Waals surface area contributed by atoms with E-state index in [-0.39, 0.29) is 26.0 Å². The normalized spacial score (nSPS) is 16.2. The van der Waals surface area contributed by atoms with Crippen LogP contribution in [-0.4, -0.2) is 69.9 Å². The van der Waals surface area contributed by atoms with Crippen LogP contribution in [-0.2, 0) is 32.7 Å². The molecule has 1 unspecified atom stereocenters. The Kier molecular flexibility index (Phi) is 29.4. The molecule has 0 aromatic carbocycles. The smallest absolute Gasteiger partial charge is 0.306 e. The molecule has 0 radical (unpaired) electrons. The Balaban J connectivity index is 5.08. The van der Waals surface area contributed by atoms with Crippen molar-refractivity contribution in [1.29, 1.82) is 0 Å². The molecule has 0 aliphatic carbocycles. The maximum Gasteiger partial charge on any atom is 0.306 e. The van der Waals surface area contributed by atoms with E-state index < -0.39 is 39.0 Å². The summed E-state index contributed by atoms with van der Waals surface area (Å²) in [6.07, 6.45) is 29.2. The van der Waals surface area contributed by atoms with Gasteiger partial charge in [0.2, 0.25) is 0 Å². The number of phosphoric acid groups is 1. The number of nitrogens with zero attached hydrogens (tertiary/aromatic N) is 1. The van der Waals surface area contributed by atoms with E-state index in [9.17, 15) is 19.0 Å². The number of allylic oxidation sites excluding steroid dienone is 2. The average molecular weight is 779 g/mol.